The number of ketones is 1. The minimum atomic E-state index is 0.0496. The summed E-state index contributed by atoms with van der Waals surface area (Å²) in [5, 5.41) is 0. The van der Waals surface area contributed by atoms with E-state index in [4.69, 9.17) is 9.47 Å². The van der Waals surface area contributed by atoms with Gasteiger partial charge < -0.3 is 9.47 Å². The molecular weight excluding hydrogens is 252 g/mol. The van der Waals surface area contributed by atoms with E-state index >= 15 is 0 Å². The molecular formula is C17H26O3. The molecule has 0 spiro atoms. The van der Waals surface area contributed by atoms with Gasteiger partial charge in [-0.05, 0) is 38.3 Å². The van der Waals surface area contributed by atoms with Crippen LogP contribution in [0.4, 0.5) is 0 Å². The Hall–Kier alpha value is -1.19. The van der Waals surface area contributed by atoms with Gasteiger partial charge in [0.2, 0.25) is 0 Å². The number of benzene rings is 1. The average molecular weight is 278 g/mol. The highest BCUT2D eigenvalue weighted by Crippen LogP contribution is 2.17. The standard InChI is InChI=1S/C17H26O3/c1-5-6-7-19-8-9-20-12-16(18)17-14(3)10-13(2)11-15(17)4/h10-11H,5-9,12H2,1-4H3. The number of carbonyl (C=O) groups is 1. The molecule has 0 aromatic heterocycles. The SMILES string of the molecule is CCCCOCCOCC(=O)c1c(C)cc(C)cc1C. The van der Waals surface area contributed by atoms with Gasteiger partial charge in [0.05, 0.1) is 13.2 Å². The van der Waals surface area contributed by atoms with Crippen molar-refractivity contribution in [2.45, 2.75) is 40.5 Å². The van der Waals surface area contributed by atoms with Gasteiger partial charge in [-0.1, -0.05) is 31.0 Å². The number of hydrogen-bond acceptors (Lipinski definition) is 3. The molecule has 0 radical (unpaired) electrons. The predicted molar refractivity (Wildman–Crippen MR) is 81.5 cm³/mol. The van der Waals surface area contributed by atoms with E-state index in [2.05, 4.69) is 6.92 Å². The highest BCUT2D eigenvalue weighted by Gasteiger charge is 2.12. The summed E-state index contributed by atoms with van der Waals surface area (Å²) in [6.45, 7) is 10.0. The lowest BCUT2D eigenvalue weighted by atomic mass is 9.97. The van der Waals surface area contributed by atoms with Crippen molar-refractivity contribution in [2.75, 3.05) is 26.4 Å². The van der Waals surface area contributed by atoms with Gasteiger partial charge in [0.25, 0.3) is 0 Å². The molecule has 3 heteroatoms. The van der Waals surface area contributed by atoms with Crippen LogP contribution in [0.15, 0.2) is 12.1 Å². The number of aryl methyl sites for hydroxylation is 3. The lowest BCUT2D eigenvalue weighted by Crippen LogP contribution is -2.15. The fourth-order valence-electron chi connectivity index (χ4n) is 2.32. The summed E-state index contributed by atoms with van der Waals surface area (Å²) in [6.07, 6.45) is 2.20. The van der Waals surface area contributed by atoms with Crippen LogP contribution in [0.5, 0.6) is 0 Å². The Morgan fingerprint density at radius 2 is 1.60 bits per heavy atom. The smallest absolute Gasteiger partial charge is 0.188 e. The quantitative estimate of drug-likeness (QED) is 0.511. The minimum absolute atomic E-state index is 0.0496. The topological polar surface area (TPSA) is 35.5 Å². The second-order valence-corrected chi connectivity index (χ2v) is 5.22. The maximum absolute atomic E-state index is 12.2. The highest BCUT2D eigenvalue weighted by atomic mass is 16.5. The lowest BCUT2D eigenvalue weighted by molar-refractivity contribution is 0.0432. The number of Topliss-reactive ketones (excluding diaryl/α,β-unsaturated/α-hetero) is 1. The summed E-state index contributed by atoms with van der Waals surface area (Å²) < 4.78 is 10.8. The average Bonchev–Trinajstić information content (AvgIpc) is 2.36. The van der Waals surface area contributed by atoms with Crippen molar-refractivity contribution in [1.29, 1.82) is 0 Å². The molecule has 0 aliphatic rings. The molecule has 112 valence electrons. The van der Waals surface area contributed by atoms with E-state index in [0.717, 1.165) is 36.1 Å². The summed E-state index contributed by atoms with van der Waals surface area (Å²) in [6, 6.07) is 4.07. The number of unbranched alkanes of at least 4 members (excludes halogenated alkanes) is 1. The van der Waals surface area contributed by atoms with Crippen molar-refractivity contribution in [3.63, 3.8) is 0 Å². The third kappa shape index (κ3) is 5.43. The van der Waals surface area contributed by atoms with Gasteiger partial charge in [-0.25, -0.2) is 0 Å². The molecule has 1 aromatic rings. The van der Waals surface area contributed by atoms with Gasteiger partial charge in [0.15, 0.2) is 5.78 Å². The van der Waals surface area contributed by atoms with E-state index in [1.165, 1.54) is 5.56 Å². The molecule has 1 aromatic carbocycles. The molecule has 0 saturated heterocycles. The Kier molecular flexibility index (Phi) is 7.48. The lowest BCUT2D eigenvalue weighted by Gasteiger charge is -2.11. The molecule has 0 heterocycles. The van der Waals surface area contributed by atoms with Crippen LogP contribution in [0.1, 0.15) is 46.8 Å². The van der Waals surface area contributed by atoms with Crippen LogP contribution in [0.25, 0.3) is 0 Å². The first-order valence-electron chi connectivity index (χ1n) is 7.32. The van der Waals surface area contributed by atoms with E-state index in [-0.39, 0.29) is 12.4 Å². The number of hydrogen-bond donors (Lipinski definition) is 0. The summed E-state index contributed by atoms with van der Waals surface area (Å²) in [5.41, 5.74) is 4.02. The Labute approximate surface area is 122 Å². The van der Waals surface area contributed by atoms with E-state index in [1.54, 1.807) is 0 Å². The van der Waals surface area contributed by atoms with Gasteiger partial charge in [-0.15, -0.1) is 0 Å². The molecule has 1 rings (SSSR count). The summed E-state index contributed by atoms with van der Waals surface area (Å²) >= 11 is 0. The third-order valence-corrected chi connectivity index (χ3v) is 3.20. The third-order valence-electron chi connectivity index (χ3n) is 3.20. The van der Waals surface area contributed by atoms with Crippen molar-refractivity contribution in [1.82, 2.24) is 0 Å². The Morgan fingerprint density at radius 1 is 1.00 bits per heavy atom. The number of carbonyl (C=O) groups excluding carboxylic acids is 1. The Balaban J connectivity index is 2.37. The van der Waals surface area contributed by atoms with Gasteiger partial charge in [-0.3, -0.25) is 4.79 Å². The normalized spacial score (nSPS) is 10.8. The van der Waals surface area contributed by atoms with Crippen LogP contribution in [0, 0.1) is 20.8 Å². The van der Waals surface area contributed by atoms with Gasteiger partial charge in [-0.2, -0.15) is 0 Å². The van der Waals surface area contributed by atoms with E-state index in [9.17, 15) is 4.79 Å². The van der Waals surface area contributed by atoms with Crippen LogP contribution in [0.3, 0.4) is 0 Å². The second kappa shape index (κ2) is 8.88. The minimum Gasteiger partial charge on any atom is -0.379 e. The van der Waals surface area contributed by atoms with E-state index in [0.29, 0.717) is 13.2 Å². The first kappa shape index (κ1) is 16.9. The zero-order valence-electron chi connectivity index (χ0n) is 13.1. The largest absolute Gasteiger partial charge is 0.379 e. The molecule has 0 bridgehead atoms. The summed E-state index contributed by atoms with van der Waals surface area (Å²) in [7, 11) is 0. The zero-order chi connectivity index (χ0) is 15.0. The van der Waals surface area contributed by atoms with Crippen LogP contribution < -0.4 is 0 Å². The van der Waals surface area contributed by atoms with Crippen molar-refractivity contribution in [2.24, 2.45) is 0 Å². The molecule has 0 aliphatic heterocycles. The first-order chi connectivity index (χ1) is 9.56. The van der Waals surface area contributed by atoms with Gasteiger partial charge in [0, 0.05) is 12.2 Å². The maximum Gasteiger partial charge on any atom is 0.188 e. The van der Waals surface area contributed by atoms with Crippen LogP contribution >= 0.6 is 0 Å². The molecule has 0 amide bonds. The van der Waals surface area contributed by atoms with Crippen LogP contribution in [-0.4, -0.2) is 32.2 Å². The summed E-state index contributed by atoms with van der Waals surface area (Å²) in [5.74, 6) is 0.0496. The zero-order valence-corrected chi connectivity index (χ0v) is 13.1. The Morgan fingerprint density at radius 3 is 2.20 bits per heavy atom. The molecule has 0 unspecified atom stereocenters. The van der Waals surface area contributed by atoms with Crippen molar-refractivity contribution in [3.8, 4) is 0 Å². The molecule has 0 fully saturated rings. The molecule has 3 nitrogen and oxygen atoms in total. The van der Waals surface area contributed by atoms with Crippen LogP contribution in [0.2, 0.25) is 0 Å². The fraction of sp³-hybridized carbons (Fsp3) is 0.588. The fourth-order valence-corrected chi connectivity index (χ4v) is 2.32. The maximum atomic E-state index is 12.2. The Bertz CT molecular complexity index is 415. The second-order valence-electron chi connectivity index (χ2n) is 5.22. The number of rotatable bonds is 9. The van der Waals surface area contributed by atoms with Gasteiger partial charge >= 0.3 is 0 Å². The van der Waals surface area contributed by atoms with Crippen molar-refractivity contribution < 1.29 is 14.3 Å². The molecule has 0 aliphatic carbocycles. The van der Waals surface area contributed by atoms with E-state index < -0.39 is 0 Å². The first-order valence-corrected chi connectivity index (χ1v) is 7.32. The number of ether oxygens (including phenoxy) is 2. The molecule has 0 saturated carbocycles. The van der Waals surface area contributed by atoms with E-state index in [1.807, 2.05) is 32.9 Å². The molecule has 0 atom stereocenters. The van der Waals surface area contributed by atoms with Gasteiger partial charge in [0.1, 0.15) is 6.61 Å². The summed E-state index contributed by atoms with van der Waals surface area (Å²) in [4.78, 5) is 12.2. The molecule has 0 N–H and O–H groups in total. The molecule has 20 heavy (non-hydrogen) atoms. The van der Waals surface area contributed by atoms with Crippen molar-refractivity contribution >= 4 is 5.78 Å². The van der Waals surface area contributed by atoms with Crippen molar-refractivity contribution in [3.05, 3.63) is 34.4 Å². The van der Waals surface area contributed by atoms with Crippen LogP contribution in [-0.2, 0) is 9.47 Å². The highest BCUT2D eigenvalue weighted by molar-refractivity contribution is 5.99. The monoisotopic (exact) mass is 278 g/mol. The predicted octanol–water partition coefficient (Wildman–Crippen LogP) is 3.63.